The van der Waals surface area contributed by atoms with Crippen molar-refractivity contribution >= 4 is 18.0 Å². The molecule has 0 saturated heterocycles. The van der Waals surface area contributed by atoms with E-state index in [-0.39, 0.29) is 11.3 Å². The van der Waals surface area contributed by atoms with Gasteiger partial charge in [0.15, 0.2) is 11.5 Å². The third-order valence-electron chi connectivity index (χ3n) is 3.08. The van der Waals surface area contributed by atoms with Gasteiger partial charge in [-0.15, -0.1) is 0 Å². The Kier molecular flexibility index (Phi) is 5.68. The lowest BCUT2D eigenvalue weighted by atomic mass is 10.2. The summed E-state index contributed by atoms with van der Waals surface area (Å²) in [6, 6.07) is 9.80. The van der Waals surface area contributed by atoms with Gasteiger partial charge in [-0.2, -0.15) is 0 Å². The van der Waals surface area contributed by atoms with Gasteiger partial charge in [-0.3, -0.25) is 0 Å². The molecule has 0 fully saturated rings. The van der Waals surface area contributed by atoms with Crippen LogP contribution in [0.15, 0.2) is 48.5 Å². The Balaban J connectivity index is 2.18. The van der Waals surface area contributed by atoms with Crippen LogP contribution >= 0.6 is 0 Å². The quantitative estimate of drug-likeness (QED) is 0.478. The van der Waals surface area contributed by atoms with Crippen LogP contribution in [0.2, 0.25) is 0 Å². The van der Waals surface area contributed by atoms with Gasteiger partial charge >= 0.3 is 11.9 Å². The van der Waals surface area contributed by atoms with E-state index in [4.69, 9.17) is 9.47 Å². The van der Waals surface area contributed by atoms with E-state index in [1.807, 2.05) is 0 Å². The Labute approximate surface area is 138 Å². The lowest BCUT2D eigenvalue weighted by molar-refractivity contribution is -0.134. The summed E-state index contributed by atoms with van der Waals surface area (Å²) in [5.74, 6) is -1.03. The molecule has 24 heavy (non-hydrogen) atoms. The molecular weight excluding hydrogens is 315 g/mol. The lowest BCUT2D eigenvalue weighted by Gasteiger charge is -2.10. The second-order valence-corrected chi connectivity index (χ2v) is 4.66. The maximum absolute atomic E-state index is 12.9. The second kappa shape index (κ2) is 7.92. The zero-order chi connectivity index (χ0) is 17.5. The molecule has 2 aromatic carbocycles. The number of benzene rings is 2. The van der Waals surface area contributed by atoms with Crippen molar-refractivity contribution < 1.29 is 28.2 Å². The van der Waals surface area contributed by atoms with E-state index in [0.717, 1.165) is 0 Å². The first kappa shape index (κ1) is 17.2. The van der Waals surface area contributed by atoms with Gasteiger partial charge in [0.25, 0.3) is 0 Å². The molecule has 124 valence electrons. The van der Waals surface area contributed by atoms with Gasteiger partial charge in [0, 0.05) is 6.08 Å². The predicted molar refractivity (Wildman–Crippen MR) is 85.4 cm³/mol. The predicted octanol–water partition coefficient (Wildman–Crippen LogP) is 3.24. The molecular formula is C18H15FO5. The molecule has 0 saturated carbocycles. The SMILES string of the molecule is COC(=O)C=Cc1ccc(OC(=O)c2ccc(F)cc2)c(OC)c1. The smallest absolute Gasteiger partial charge is 0.343 e. The standard InChI is InChI=1S/C18H15FO5/c1-22-16-11-12(4-10-17(20)23-2)3-9-15(16)24-18(21)13-5-7-14(19)8-6-13/h3-11H,1-2H3. The summed E-state index contributed by atoms with van der Waals surface area (Å²) in [6.45, 7) is 0. The highest BCUT2D eigenvalue weighted by atomic mass is 19.1. The summed E-state index contributed by atoms with van der Waals surface area (Å²) in [4.78, 5) is 23.2. The number of rotatable bonds is 5. The summed E-state index contributed by atoms with van der Waals surface area (Å²) in [5, 5.41) is 0. The van der Waals surface area contributed by atoms with Crippen LogP contribution in [-0.2, 0) is 9.53 Å². The van der Waals surface area contributed by atoms with Crippen molar-refractivity contribution in [1.29, 1.82) is 0 Å². The highest BCUT2D eigenvalue weighted by molar-refractivity contribution is 5.91. The van der Waals surface area contributed by atoms with E-state index < -0.39 is 17.8 Å². The molecule has 5 nitrogen and oxygen atoms in total. The Morgan fingerprint density at radius 3 is 2.33 bits per heavy atom. The van der Waals surface area contributed by atoms with Gasteiger partial charge in [-0.05, 0) is 48.0 Å². The van der Waals surface area contributed by atoms with Gasteiger partial charge < -0.3 is 14.2 Å². The highest BCUT2D eigenvalue weighted by Gasteiger charge is 2.12. The summed E-state index contributed by atoms with van der Waals surface area (Å²) in [6.07, 6.45) is 2.80. The van der Waals surface area contributed by atoms with Crippen LogP contribution in [0.25, 0.3) is 6.08 Å². The number of esters is 2. The maximum Gasteiger partial charge on any atom is 0.343 e. The summed E-state index contributed by atoms with van der Waals surface area (Å²) in [5.41, 5.74) is 0.881. The fraction of sp³-hybridized carbons (Fsp3) is 0.111. The monoisotopic (exact) mass is 330 g/mol. The first-order valence-corrected chi connectivity index (χ1v) is 6.95. The first-order chi connectivity index (χ1) is 11.5. The van der Waals surface area contributed by atoms with Crippen LogP contribution in [0.4, 0.5) is 4.39 Å². The Hall–Kier alpha value is -3.15. The van der Waals surface area contributed by atoms with Crippen molar-refractivity contribution in [2.45, 2.75) is 0 Å². The molecule has 6 heteroatoms. The Morgan fingerprint density at radius 1 is 1.00 bits per heavy atom. The molecule has 0 aliphatic carbocycles. The zero-order valence-electron chi connectivity index (χ0n) is 13.1. The Morgan fingerprint density at radius 2 is 1.71 bits per heavy atom. The minimum absolute atomic E-state index is 0.210. The minimum Gasteiger partial charge on any atom is -0.493 e. The van der Waals surface area contributed by atoms with Gasteiger partial charge in [-0.1, -0.05) is 6.07 Å². The van der Waals surface area contributed by atoms with E-state index in [1.54, 1.807) is 18.2 Å². The van der Waals surface area contributed by atoms with Crippen LogP contribution < -0.4 is 9.47 Å². The molecule has 0 spiro atoms. The van der Waals surface area contributed by atoms with E-state index in [1.165, 1.54) is 50.6 Å². The molecule has 0 unspecified atom stereocenters. The number of hydrogen-bond acceptors (Lipinski definition) is 5. The third-order valence-corrected chi connectivity index (χ3v) is 3.08. The van der Waals surface area contributed by atoms with Crippen molar-refractivity contribution in [2.24, 2.45) is 0 Å². The van der Waals surface area contributed by atoms with E-state index >= 15 is 0 Å². The van der Waals surface area contributed by atoms with Crippen molar-refractivity contribution in [3.63, 3.8) is 0 Å². The largest absolute Gasteiger partial charge is 0.493 e. The van der Waals surface area contributed by atoms with Crippen LogP contribution in [0.3, 0.4) is 0 Å². The Bertz CT molecular complexity index is 765. The van der Waals surface area contributed by atoms with E-state index in [9.17, 15) is 14.0 Å². The van der Waals surface area contributed by atoms with E-state index in [0.29, 0.717) is 11.3 Å². The van der Waals surface area contributed by atoms with Crippen LogP contribution in [0, 0.1) is 5.82 Å². The summed E-state index contributed by atoms with van der Waals surface area (Å²) in [7, 11) is 2.71. The molecule has 0 aromatic heterocycles. The molecule has 0 heterocycles. The normalized spacial score (nSPS) is 10.5. The van der Waals surface area contributed by atoms with Crippen LogP contribution in [-0.4, -0.2) is 26.2 Å². The van der Waals surface area contributed by atoms with Crippen molar-refractivity contribution in [2.75, 3.05) is 14.2 Å². The average molecular weight is 330 g/mol. The molecule has 0 amide bonds. The average Bonchev–Trinajstić information content (AvgIpc) is 2.60. The molecule has 0 radical (unpaired) electrons. The molecule has 0 aliphatic heterocycles. The number of methoxy groups -OCH3 is 2. The summed E-state index contributed by atoms with van der Waals surface area (Å²) < 4.78 is 27.8. The summed E-state index contributed by atoms with van der Waals surface area (Å²) >= 11 is 0. The van der Waals surface area contributed by atoms with Crippen LogP contribution in [0.5, 0.6) is 11.5 Å². The minimum atomic E-state index is -0.633. The van der Waals surface area contributed by atoms with Gasteiger partial charge in [0.1, 0.15) is 5.82 Å². The number of carbonyl (C=O) groups excluding carboxylic acids is 2. The molecule has 0 N–H and O–H groups in total. The van der Waals surface area contributed by atoms with Crippen molar-refractivity contribution in [3.05, 3.63) is 65.5 Å². The molecule has 0 aliphatic rings. The third kappa shape index (κ3) is 4.42. The van der Waals surface area contributed by atoms with Crippen molar-refractivity contribution in [1.82, 2.24) is 0 Å². The first-order valence-electron chi connectivity index (χ1n) is 6.95. The fourth-order valence-electron chi connectivity index (χ4n) is 1.85. The molecule has 0 bridgehead atoms. The van der Waals surface area contributed by atoms with Crippen molar-refractivity contribution in [3.8, 4) is 11.5 Å². The van der Waals surface area contributed by atoms with Gasteiger partial charge in [0.2, 0.25) is 0 Å². The molecule has 2 aromatic rings. The highest BCUT2D eigenvalue weighted by Crippen LogP contribution is 2.29. The fourth-order valence-corrected chi connectivity index (χ4v) is 1.85. The maximum atomic E-state index is 12.9. The molecule has 2 rings (SSSR count). The van der Waals surface area contributed by atoms with Gasteiger partial charge in [-0.25, -0.2) is 14.0 Å². The second-order valence-electron chi connectivity index (χ2n) is 4.66. The van der Waals surface area contributed by atoms with Gasteiger partial charge in [0.05, 0.1) is 19.8 Å². The number of ether oxygens (including phenoxy) is 3. The number of carbonyl (C=O) groups is 2. The van der Waals surface area contributed by atoms with E-state index in [2.05, 4.69) is 4.74 Å². The van der Waals surface area contributed by atoms with Crippen LogP contribution in [0.1, 0.15) is 15.9 Å². The zero-order valence-corrected chi connectivity index (χ0v) is 13.1. The number of halogens is 1. The number of hydrogen-bond donors (Lipinski definition) is 0. The topological polar surface area (TPSA) is 61.8 Å². The molecule has 0 atom stereocenters. The lowest BCUT2D eigenvalue weighted by Crippen LogP contribution is -2.09.